The first-order valence-corrected chi connectivity index (χ1v) is 8.61. The van der Waals surface area contributed by atoms with Crippen LogP contribution in [0.1, 0.15) is 40.2 Å². The summed E-state index contributed by atoms with van der Waals surface area (Å²) in [5.41, 5.74) is 5.44. The van der Waals surface area contributed by atoms with Gasteiger partial charge in [0.25, 0.3) is 5.91 Å². The Bertz CT molecular complexity index is 778. The molecule has 138 valence electrons. The van der Waals surface area contributed by atoms with Crippen LogP contribution in [0.4, 0.5) is 13.2 Å². The molecule has 3 rings (SSSR count). The first kappa shape index (κ1) is 19.9. The Hall–Kier alpha value is -1.38. The van der Waals surface area contributed by atoms with Crippen LogP contribution in [0.25, 0.3) is 10.2 Å². The van der Waals surface area contributed by atoms with Crippen molar-refractivity contribution >= 4 is 39.9 Å². The minimum atomic E-state index is -4.49. The van der Waals surface area contributed by atoms with E-state index in [-0.39, 0.29) is 35.1 Å². The average molecular weight is 394 g/mol. The molecule has 4 nitrogen and oxygen atoms in total. The molecule has 3 N–H and O–H groups in total. The van der Waals surface area contributed by atoms with Crippen molar-refractivity contribution < 1.29 is 18.0 Å². The largest absolute Gasteiger partial charge is 0.433 e. The monoisotopic (exact) mass is 393 g/mol. The number of carbonyl (C=O) groups excluding carboxylic acids is 1. The molecule has 1 saturated carbocycles. The fourth-order valence-corrected chi connectivity index (χ4v) is 4.30. The predicted molar refractivity (Wildman–Crippen MR) is 94.3 cm³/mol. The number of nitrogens with one attached hydrogen (secondary N) is 1. The highest BCUT2D eigenvalue weighted by molar-refractivity contribution is 7.20. The third kappa shape index (κ3) is 3.91. The fraction of sp³-hybridized carbons (Fsp3) is 0.500. The molecular formula is C16H19ClF3N3OS. The maximum Gasteiger partial charge on any atom is 0.433 e. The van der Waals surface area contributed by atoms with Crippen molar-refractivity contribution in [3.05, 3.63) is 28.3 Å². The van der Waals surface area contributed by atoms with E-state index in [0.29, 0.717) is 22.4 Å². The molecule has 2 unspecified atom stereocenters. The van der Waals surface area contributed by atoms with E-state index in [1.54, 1.807) is 6.92 Å². The highest BCUT2D eigenvalue weighted by Gasteiger charge is 2.33. The molecule has 0 saturated heterocycles. The molecule has 0 bridgehead atoms. The topological polar surface area (TPSA) is 68.0 Å². The lowest BCUT2D eigenvalue weighted by Crippen LogP contribution is -2.39. The molecular weight excluding hydrogens is 375 g/mol. The summed E-state index contributed by atoms with van der Waals surface area (Å²) in [7, 11) is 0. The van der Waals surface area contributed by atoms with Crippen LogP contribution in [-0.4, -0.2) is 23.5 Å². The zero-order chi connectivity index (χ0) is 17.5. The van der Waals surface area contributed by atoms with Crippen molar-refractivity contribution in [2.45, 2.75) is 38.4 Å². The normalized spacial score (nSPS) is 20.5. The Morgan fingerprint density at radius 2 is 2.12 bits per heavy atom. The van der Waals surface area contributed by atoms with E-state index in [1.165, 1.54) is 6.07 Å². The molecule has 0 aromatic carbocycles. The standard InChI is InChI=1S/C16H18F3N3OS.ClH/c1-8-10-5-6-12(16(17,18)19)22-15(10)24-13(8)14(23)21-11-4-2-3-9(11)7-20;/h5-6,9,11H,2-4,7,20H2,1H3,(H,21,23);1H. The van der Waals surface area contributed by atoms with Gasteiger partial charge in [-0.15, -0.1) is 23.7 Å². The van der Waals surface area contributed by atoms with Gasteiger partial charge in [0, 0.05) is 11.4 Å². The summed E-state index contributed by atoms with van der Waals surface area (Å²) < 4.78 is 38.4. The van der Waals surface area contributed by atoms with Gasteiger partial charge in [0.15, 0.2) is 0 Å². The van der Waals surface area contributed by atoms with Crippen molar-refractivity contribution in [3.63, 3.8) is 0 Å². The minimum absolute atomic E-state index is 0. The van der Waals surface area contributed by atoms with E-state index in [2.05, 4.69) is 10.3 Å². The lowest BCUT2D eigenvalue weighted by molar-refractivity contribution is -0.140. The van der Waals surface area contributed by atoms with E-state index >= 15 is 0 Å². The third-order valence-corrected chi connectivity index (χ3v) is 5.78. The van der Waals surface area contributed by atoms with Gasteiger partial charge >= 0.3 is 6.18 Å². The van der Waals surface area contributed by atoms with E-state index < -0.39 is 11.9 Å². The Morgan fingerprint density at radius 3 is 2.76 bits per heavy atom. The van der Waals surface area contributed by atoms with Gasteiger partial charge in [-0.3, -0.25) is 4.79 Å². The Balaban J connectivity index is 0.00000225. The molecule has 2 atom stereocenters. The molecule has 0 radical (unpaired) electrons. The summed E-state index contributed by atoms with van der Waals surface area (Å²) in [6, 6.07) is 2.36. The van der Waals surface area contributed by atoms with Gasteiger partial charge in [0.1, 0.15) is 10.5 Å². The number of nitrogens with zero attached hydrogens (tertiary/aromatic N) is 1. The number of hydrogen-bond acceptors (Lipinski definition) is 4. The van der Waals surface area contributed by atoms with Crippen molar-refractivity contribution in [3.8, 4) is 0 Å². The summed E-state index contributed by atoms with van der Waals surface area (Å²) in [4.78, 5) is 16.9. The van der Waals surface area contributed by atoms with Crippen molar-refractivity contribution in [2.75, 3.05) is 6.54 Å². The molecule has 1 aliphatic rings. The Kier molecular flexibility index (Phi) is 5.96. The van der Waals surface area contributed by atoms with Crippen LogP contribution >= 0.6 is 23.7 Å². The molecule has 2 heterocycles. The first-order chi connectivity index (χ1) is 11.3. The maximum atomic E-state index is 12.8. The zero-order valence-corrected chi connectivity index (χ0v) is 15.2. The highest BCUT2D eigenvalue weighted by Crippen LogP contribution is 2.34. The van der Waals surface area contributed by atoms with Gasteiger partial charge in [-0.05, 0) is 49.9 Å². The van der Waals surface area contributed by atoms with Crippen LogP contribution in [-0.2, 0) is 6.18 Å². The minimum Gasteiger partial charge on any atom is -0.348 e. The summed E-state index contributed by atoms with van der Waals surface area (Å²) in [5.74, 6) is 0.00741. The quantitative estimate of drug-likeness (QED) is 0.830. The van der Waals surface area contributed by atoms with Crippen molar-refractivity contribution in [1.29, 1.82) is 0 Å². The summed E-state index contributed by atoms with van der Waals surface area (Å²) >= 11 is 1.00. The van der Waals surface area contributed by atoms with Crippen LogP contribution in [0, 0.1) is 12.8 Å². The molecule has 1 fully saturated rings. The lowest BCUT2D eigenvalue weighted by Gasteiger charge is -2.19. The number of pyridine rings is 1. The summed E-state index contributed by atoms with van der Waals surface area (Å²) in [6.07, 6.45) is -1.60. The van der Waals surface area contributed by atoms with Crippen LogP contribution in [0.15, 0.2) is 12.1 Å². The number of nitrogens with two attached hydrogens (primary N) is 1. The Labute approximate surface area is 153 Å². The molecule has 9 heteroatoms. The maximum absolute atomic E-state index is 12.8. The number of aryl methyl sites for hydroxylation is 1. The van der Waals surface area contributed by atoms with E-state index in [0.717, 1.165) is 36.7 Å². The SMILES string of the molecule is Cc1c(C(=O)NC2CCCC2CN)sc2nc(C(F)(F)F)ccc12.Cl. The van der Waals surface area contributed by atoms with Crippen LogP contribution in [0.3, 0.4) is 0 Å². The second kappa shape index (κ2) is 7.47. The number of halogens is 4. The summed E-state index contributed by atoms with van der Waals surface area (Å²) in [5, 5.41) is 3.57. The molecule has 25 heavy (non-hydrogen) atoms. The predicted octanol–water partition coefficient (Wildman–Crippen LogP) is 3.90. The van der Waals surface area contributed by atoms with Crippen LogP contribution in [0.2, 0.25) is 0 Å². The second-order valence-corrected chi connectivity index (χ2v) is 7.11. The molecule has 1 aliphatic carbocycles. The zero-order valence-electron chi connectivity index (χ0n) is 13.5. The van der Waals surface area contributed by atoms with E-state index in [1.807, 2.05) is 0 Å². The Morgan fingerprint density at radius 1 is 1.40 bits per heavy atom. The van der Waals surface area contributed by atoms with Gasteiger partial charge in [0.05, 0.1) is 4.88 Å². The third-order valence-electron chi connectivity index (χ3n) is 4.58. The number of alkyl halides is 3. The van der Waals surface area contributed by atoms with Crippen molar-refractivity contribution in [1.82, 2.24) is 10.3 Å². The number of hydrogen-bond donors (Lipinski definition) is 2. The number of rotatable bonds is 3. The number of aromatic nitrogens is 1. The molecule has 2 aromatic heterocycles. The van der Waals surface area contributed by atoms with Crippen LogP contribution in [0.5, 0.6) is 0 Å². The number of amides is 1. The van der Waals surface area contributed by atoms with E-state index in [9.17, 15) is 18.0 Å². The van der Waals surface area contributed by atoms with E-state index in [4.69, 9.17) is 5.73 Å². The summed E-state index contributed by atoms with van der Waals surface area (Å²) in [6.45, 7) is 2.25. The molecule has 2 aromatic rings. The molecule has 0 spiro atoms. The molecule has 0 aliphatic heterocycles. The number of fused-ring (bicyclic) bond motifs is 1. The lowest BCUT2D eigenvalue weighted by atomic mass is 10.0. The van der Waals surface area contributed by atoms with Crippen molar-refractivity contribution in [2.24, 2.45) is 11.7 Å². The molecule has 1 amide bonds. The van der Waals surface area contributed by atoms with Gasteiger partial charge in [-0.1, -0.05) is 6.42 Å². The van der Waals surface area contributed by atoms with Gasteiger partial charge < -0.3 is 11.1 Å². The second-order valence-electron chi connectivity index (χ2n) is 6.11. The smallest absolute Gasteiger partial charge is 0.348 e. The number of thiophene rings is 1. The highest BCUT2D eigenvalue weighted by atomic mass is 35.5. The number of carbonyl (C=O) groups is 1. The average Bonchev–Trinajstić information content (AvgIpc) is 3.10. The van der Waals surface area contributed by atoms with Gasteiger partial charge in [-0.25, -0.2) is 4.98 Å². The fourth-order valence-electron chi connectivity index (χ4n) is 3.22. The van der Waals surface area contributed by atoms with Gasteiger partial charge in [-0.2, -0.15) is 13.2 Å². The van der Waals surface area contributed by atoms with Gasteiger partial charge in [0.2, 0.25) is 0 Å². The first-order valence-electron chi connectivity index (χ1n) is 7.79. The van der Waals surface area contributed by atoms with Crippen LogP contribution < -0.4 is 11.1 Å².